The number of carbonyl (C=O) groups excluding carboxylic acids is 1. The molecule has 0 bridgehead atoms. The topological polar surface area (TPSA) is 56.1 Å². The molecule has 20 heavy (non-hydrogen) atoms. The quantitative estimate of drug-likeness (QED) is 0.521. The maximum atomic E-state index is 11.8. The first-order valence-electron chi connectivity index (χ1n) is 8.15. The van der Waals surface area contributed by atoms with Crippen molar-refractivity contribution in [3.8, 4) is 6.07 Å². The normalized spacial score (nSPS) is 16.8. The van der Waals surface area contributed by atoms with Gasteiger partial charge in [-0.1, -0.05) is 39.0 Å². The Kier molecular flexibility index (Phi) is 9.06. The minimum atomic E-state index is 0.208. The molecule has 0 aromatic carbocycles. The van der Waals surface area contributed by atoms with E-state index in [9.17, 15) is 4.79 Å². The Morgan fingerprint density at radius 3 is 2.50 bits per heavy atom. The fourth-order valence-electron chi connectivity index (χ4n) is 2.70. The Bertz CT molecular complexity index is 303. The van der Waals surface area contributed by atoms with E-state index in [0.717, 1.165) is 32.4 Å². The summed E-state index contributed by atoms with van der Waals surface area (Å²) in [6.45, 7) is 4.58. The van der Waals surface area contributed by atoms with Gasteiger partial charge in [0.05, 0.1) is 12.6 Å². The van der Waals surface area contributed by atoms with Gasteiger partial charge in [-0.25, -0.2) is 0 Å². The smallest absolute Gasteiger partial charge is 0.220 e. The summed E-state index contributed by atoms with van der Waals surface area (Å²) >= 11 is 0. The van der Waals surface area contributed by atoms with Crippen molar-refractivity contribution in [2.24, 2.45) is 0 Å². The maximum absolute atomic E-state index is 11.8. The van der Waals surface area contributed by atoms with Gasteiger partial charge in [0.2, 0.25) is 5.91 Å². The minimum Gasteiger partial charge on any atom is -0.353 e. The molecule has 1 amide bonds. The molecule has 1 N–H and O–H groups in total. The summed E-state index contributed by atoms with van der Waals surface area (Å²) in [6, 6.07) is 2.50. The summed E-state index contributed by atoms with van der Waals surface area (Å²) in [7, 11) is 0. The molecule has 1 aliphatic rings. The lowest BCUT2D eigenvalue weighted by molar-refractivity contribution is -0.122. The van der Waals surface area contributed by atoms with Crippen LogP contribution < -0.4 is 5.32 Å². The summed E-state index contributed by atoms with van der Waals surface area (Å²) in [5.41, 5.74) is 0. The molecule has 114 valence electrons. The summed E-state index contributed by atoms with van der Waals surface area (Å²) in [5, 5.41) is 11.8. The van der Waals surface area contributed by atoms with Crippen LogP contribution in [-0.4, -0.2) is 36.5 Å². The SMILES string of the molecule is CCCCCCCCC(=O)NC1CCN(CC#N)CC1. The summed E-state index contributed by atoms with van der Waals surface area (Å²) in [4.78, 5) is 14.0. The van der Waals surface area contributed by atoms with E-state index in [0.29, 0.717) is 19.0 Å². The molecule has 4 heteroatoms. The summed E-state index contributed by atoms with van der Waals surface area (Å²) < 4.78 is 0. The number of likely N-dealkylation sites (tertiary alicyclic amines) is 1. The van der Waals surface area contributed by atoms with Crippen molar-refractivity contribution in [1.82, 2.24) is 10.2 Å². The van der Waals surface area contributed by atoms with E-state index in [-0.39, 0.29) is 5.91 Å². The van der Waals surface area contributed by atoms with Gasteiger partial charge in [-0.3, -0.25) is 9.69 Å². The van der Waals surface area contributed by atoms with Gasteiger partial charge in [-0.15, -0.1) is 0 Å². The predicted molar refractivity (Wildman–Crippen MR) is 81.2 cm³/mol. The first kappa shape index (κ1) is 17.0. The molecule has 1 rings (SSSR count). The first-order chi connectivity index (χ1) is 9.76. The maximum Gasteiger partial charge on any atom is 0.220 e. The lowest BCUT2D eigenvalue weighted by Gasteiger charge is -2.30. The molecule has 0 saturated carbocycles. The number of nitrogens with one attached hydrogen (secondary N) is 1. The first-order valence-corrected chi connectivity index (χ1v) is 8.15. The van der Waals surface area contributed by atoms with Crippen molar-refractivity contribution in [1.29, 1.82) is 5.26 Å². The second-order valence-electron chi connectivity index (χ2n) is 5.79. The van der Waals surface area contributed by atoms with Crippen LogP contribution in [0, 0.1) is 11.3 Å². The third kappa shape index (κ3) is 7.49. The second-order valence-corrected chi connectivity index (χ2v) is 5.79. The van der Waals surface area contributed by atoms with Crippen LogP contribution in [0.5, 0.6) is 0 Å². The molecule has 0 spiro atoms. The van der Waals surface area contributed by atoms with Gasteiger partial charge >= 0.3 is 0 Å². The molecule has 4 nitrogen and oxygen atoms in total. The zero-order valence-electron chi connectivity index (χ0n) is 12.9. The molecule has 0 aromatic heterocycles. The van der Waals surface area contributed by atoms with Crippen LogP contribution in [-0.2, 0) is 4.79 Å². The van der Waals surface area contributed by atoms with Gasteiger partial charge in [-0.05, 0) is 19.3 Å². The van der Waals surface area contributed by atoms with Crippen molar-refractivity contribution in [3.63, 3.8) is 0 Å². The van der Waals surface area contributed by atoms with E-state index < -0.39 is 0 Å². The molecule has 1 fully saturated rings. The van der Waals surface area contributed by atoms with Crippen LogP contribution in [0.25, 0.3) is 0 Å². The van der Waals surface area contributed by atoms with E-state index in [1.807, 2.05) is 0 Å². The Morgan fingerprint density at radius 2 is 1.85 bits per heavy atom. The predicted octanol–water partition coefficient (Wildman–Crippen LogP) is 2.84. The molecule has 0 aromatic rings. The van der Waals surface area contributed by atoms with Gasteiger partial charge < -0.3 is 5.32 Å². The minimum absolute atomic E-state index is 0.208. The van der Waals surface area contributed by atoms with E-state index in [1.54, 1.807) is 0 Å². The third-order valence-electron chi connectivity index (χ3n) is 4.00. The number of carbonyl (C=O) groups is 1. The summed E-state index contributed by atoms with van der Waals surface area (Å²) in [6.07, 6.45) is 9.96. The summed E-state index contributed by atoms with van der Waals surface area (Å²) in [5.74, 6) is 0.208. The molecule has 1 saturated heterocycles. The Balaban J connectivity index is 2.01. The number of nitriles is 1. The number of nitrogens with zero attached hydrogens (tertiary/aromatic N) is 2. The molecule has 0 aliphatic carbocycles. The van der Waals surface area contributed by atoms with Crippen molar-refractivity contribution >= 4 is 5.91 Å². The highest BCUT2D eigenvalue weighted by molar-refractivity contribution is 5.76. The zero-order chi connectivity index (χ0) is 14.6. The number of unbranched alkanes of at least 4 members (excludes halogenated alkanes) is 5. The van der Waals surface area contributed by atoms with Crippen molar-refractivity contribution in [2.75, 3.05) is 19.6 Å². The Morgan fingerprint density at radius 1 is 1.20 bits per heavy atom. The average molecular weight is 279 g/mol. The van der Waals surface area contributed by atoms with E-state index in [2.05, 4.69) is 23.2 Å². The van der Waals surface area contributed by atoms with Gasteiger partial charge in [0.25, 0.3) is 0 Å². The zero-order valence-corrected chi connectivity index (χ0v) is 12.9. The number of hydrogen-bond donors (Lipinski definition) is 1. The highest BCUT2D eigenvalue weighted by Gasteiger charge is 2.19. The second kappa shape index (κ2) is 10.7. The molecule has 0 atom stereocenters. The van der Waals surface area contributed by atoms with Crippen molar-refractivity contribution in [2.45, 2.75) is 70.8 Å². The van der Waals surface area contributed by atoms with Crippen molar-refractivity contribution in [3.05, 3.63) is 0 Å². The fourth-order valence-corrected chi connectivity index (χ4v) is 2.70. The molecule has 0 unspecified atom stereocenters. The van der Waals surface area contributed by atoms with Crippen LogP contribution in [0.4, 0.5) is 0 Å². The number of piperidine rings is 1. The Labute approximate surface area is 123 Å². The largest absolute Gasteiger partial charge is 0.353 e. The number of rotatable bonds is 9. The highest BCUT2D eigenvalue weighted by atomic mass is 16.1. The standard InChI is InChI=1S/C16H29N3O/c1-2-3-4-5-6-7-8-16(20)18-15-9-12-19(13-10-15)14-11-17/h15H,2-10,12-14H2,1H3,(H,18,20). The fraction of sp³-hybridized carbons (Fsp3) is 0.875. The molecule has 1 aliphatic heterocycles. The van der Waals surface area contributed by atoms with Crippen LogP contribution in [0.1, 0.15) is 64.7 Å². The van der Waals surface area contributed by atoms with E-state index in [4.69, 9.17) is 5.26 Å². The highest BCUT2D eigenvalue weighted by Crippen LogP contribution is 2.11. The lowest BCUT2D eigenvalue weighted by atomic mass is 10.0. The number of hydrogen-bond acceptors (Lipinski definition) is 3. The molecular weight excluding hydrogens is 250 g/mol. The van der Waals surface area contributed by atoms with Gasteiger partial charge in [0, 0.05) is 25.6 Å². The third-order valence-corrected chi connectivity index (χ3v) is 4.00. The molecular formula is C16H29N3O. The van der Waals surface area contributed by atoms with Gasteiger partial charge in [0.1, 0.15) is 0 Å². The van der Waals surface area contributed by atoms with Gasteiger partial charge in [0.15, 0.2) is 0 Å². The number of amides is 1. The lowest BCUT2D eigenvalue weighted by Crippen LogP contribution is -2.44. The van der Waals surface area contributed by atoms with E-state index >= 15 is 0 Å². The van der Waals surface area contributed by atoms with Crippen LogP contribution >= 0.6 is 0 Å². The molecule has 0 radical (unpaired) electrons. The van der Waals surface area contributed by atoms with Crippen molar-refractivity contribution < 1.29 is 4.79 Å². The monoisotopic (exact) mass is 279 g/mol. The van der Waals surface area contributed by atoms with E-state index in [1.165, 1.54) is 32.1 Å². The molecule has 1 heterocycles. The van der Waals surface area contributed by atoms with Crippen LogP contribution in [0.15, 0.2) is 0 Å². The average Bonchev–Trinajstić information content (AvgIpc) is 2.45. The van der Waals surface area contributed by atoms with Gasteiger partial charge in [-0.2, -0.15) is 5.26 Å². The Hall–Kier alpha value is -1.08. The van der Waals surface area contributed by atoms with Crippen LogP contribution in [0.3, 0.4) is 0 Å². The van der Waals surface area contributed by atoms with Crippen LogP contribution in [0.2, 0.25) is 0 Å².